The van der Waals surface area contributed by atoms with Gasteiger partial charge in [0.25, 0.3) is 0 Å². The lowest BCUT2D eigenvalue weighted by molar-refractivity contribution is 1.07. The maximum Gasteiger partial charge on any atom is 0.188 e. The predicted molar refractivity (Wildman–Crippen MR) is 215 cm³/mol. The fourth-order valence-corrected chi connectivity index (χ4v) is 8.33. The van der Waals surface area contributed by atoms with Crippen molar-refractivity contribution in [2.24, 2.45) is 0 Å². The molecule has 6 heteroatoms. The molecule has 0 radical (unpaired) electrons. The fourth-order valence-electron chi connectivity index (χ4n) is 7.15. The van der Waals surface area contributed by atoms with Crippen LogP contribution in [0.25, 0.3) is 97.8 Å². The van der Waals surface area contributed by atoms with Gasteiger partial charge in [-0.25, -0.2) is 19.8 Å². The van der Waals surface area contributed by atoms with Crippen molar-refractivity contribution in [3.63, 3.8) is 0 Å². The lowest BCUT2D eigenvalue weighted by Crippen LogP contribution is -1.99. The summed E-state index contributed by atoms with van der Waals surface area (Å²) >= 11 is 1.78. The summed E-state index contributed by atoms with van der Waals surface area (Å²) in [4.78, 5) is 18.5. The molecular formula is C46H27N5S. The average Bonchev–Trinajstić information content (AvgIpc) is 3.75. The van der Waals surface area contributed by atoms with Crippen LogP contribution in [0.4, 0.5) is 5.69 Å². The molecule has 242 valence electrons. The molecule has 0 aliphatic heterocycles. The van der Waals surface area contributed by atoms with E-state index in [-0.39, 0.29) is 0 Å². The maximum absolute atomic E-state index is 7.66. The summed E-state index contributed by atoms with van der Waals surface area (Å²) in [5, 5.41) is 4.65. The van der Waals surface area contributed by atoms with Crippen LogP contribution < -0.4 is 0 Å². The van der Waals surface area contributed by atoms with E-state index >= 15 is 0 Å². The Morgan fingerprint density at radius 2 is 0.904 bits per heavy atom. The number of hydrogen-bond donors (Lipinski definition) is 0. The number of para-hydroxylation sites is 1. The monoisotopic (exact) mass is 681 g/mol. The Kier molecular flexibility index (Phi) is 6.98. The second-order valence-electron chi connectivity index (χ2n) is 12.8. The first-order valence-electron chi connectivity index (χ1n) is 17.1. The first-order valence-corrected chi connectivity index (χ1v) is 17.9. The minimum atomic E-state index is 0.640. The Labute approximate surface area is 303 Å². The minimum Gasteiger partial charge on any atom is -0.309 e. The molecule has 0 saturated heterocycles. The molecule has 10 rings (SSSR count). The van der Waals surface area contributed by atoms with Crippen LogP contribution in [0.15, 0.2) is 164 Å². The van der Waals surface area contributed by atoms with Gasteiger partial charge in [-0.2, -0.15) is 0 Å². The van der Waals surface area contributed by atoms with Crippen molar-refractivity contribution < 1.29 is 0 Å². The van der Waals surface area contributed by atoms with Gasteiger partial charge in [-0.05, 0) is 65.0 Å². The molecule has 0 saturated carbocycles. The molecule has 7 aromatic carbocycles. The van der Waals surface area contributed by atoms with Gasteiger partial charge in [-0.1, -0.05) is 115 Å². The van der Waals surface area contributed by atoms with Crippen molar-refractivity contribution in [2.75, 3.05) is 0 Å². The summed E-state index contributed by atoms with van der Waals surface area (Å²) in [6.45, 7) is 7.66. The SMILES string of the molecule is [C-]#[N+]c1ccc2c(c1)c1cc(-c3ccc4c(c3)sc3cc(-c5nc(-c6ccccc6)nc(-c6ccccc6)n5)ccc34)ccc1n2-c1ccccc1. The zero-order valence-electron chi connectivity index (χ0n) is 27.7. The molecule has 10 aromatic rings. The zero-order valence-corrected chi connectivity index (χ0v) is 28.5. The van der Waals surface area contributed by atoms with E-state index in [1.54, 1.807) is 11.3 Å². The number of nitrogens with zero attached hydrogens (tertiary/aromatic N) is 5. The first kappa shape index (κ1) is 29.9. The molecule has 0 aliphatic rings. The van der Waals surface area contributed by atoms with Crippen molar-refractivity contribution >= 4 is 59.0 Å². The van der Waals surface area contributed by atoms with Crippen molar-refractivity contribution in [1.29, 1.82) is 0 Å². The lowest BCUT2D eigenvalue weighted by atomic mass is 10.0. The lowest BCUT2D eigenvalue weighted by Gasteiger charge is -2.08. The van der Waals surface area contributed by atoms with Gasteiger partial charge in [-0.3, -0.25) is 0 Å². The third-order valence-electron chi connectivity index (χ3n) is 9.66. The van der Waals surface area contributed by atoms with Gasteiger partial charge in [0.1, 0.15) is 0 Å². The van der Waals surface area contributed by atoms with Gasteiger partial charge < -0.3 is 4.57 Å². The Hall–Kier alpha value is -6.94. The molecule has 3 heterocycles. The van der Waals surface area contributed by atoms with Crippen LogP contribution in [-0.2, 0) is 0 Å². The fraction of sp³-hybridized carbons (Fsp3) is 0. The van der Waals surface area contributed by atoms with Crippen molar-refractivity contribution in [1.82, 2.24) is 19.5 Å². The third-order valence-corrected chi connectivity index (χ3v) is 10.8. The molecule has 3 aromatic heterocycles. The number of rotatable bonds is 5. The summed E-state index contributed by atoms with van der Waals surface area (Å²) in [6.07, 6.45) is 0. The molecule has 5 nitrogen and oxygen atoms in total. The van der Waals surface area contributed by atoms with E-state index < -0.39 is 0 Å². The van der Waals surface area contributed by atoms with E-state index in [1.165, 1.54) is 20.2 Å². The molecule has 0 aliphatic carbocycles. The molecule has 0 amide bonds. The van der Waals surface area contributed by atoms with Crippen LogP contribution in [0.1, 0.15) is 0 Å². The number of fused-ring (bicyclic) bond motifs is 6. The van der Waals surface area contributed by atoms with Gasteiger partial charge in [-0.15, -0.1) is 11.3 Å². The number of aromatic nitrogens is 4. The Morgan fingerprint density at radius 3 is 1.52 bits per heavy atom. The summed E-state index contributed by atoms with van der Waals surface area (Å²) in [7, 11) is 0. The number of benzene rings is 7. The Morgan fingerprint density at radius 1 is 0.423 bits per heavy atom. The minimum absolute atomic E-state index is 0.640. The van der Waals surface area contributed by atoms with Gasteiger partial charge >= 0.3 is 0 Å². The normalized spacial score (nSPS) is 11.4. The zero-order chi connectivity index (χ0) is 34.6. The standard InChI is InChI=1S/C46H27N5S/c1-47-34-20-24-41-39(28-34)38-25-31(19-23-40(38)51(41)35-15-9-4-10-16-35)32-17-21-36-37-22-18-33(27-43(37)52-42(36)26-32)46-49-44(29-11-5-2-6-12-29)48-45(50-46)30-13-7-3-8-14-30/h2-28H. The highest BCUT2D eigenvalue weighted by Gasteiger charge is 2.16. The van der Waals surface area contributed by atoms with Crippen molar-refractivity contribution in [3.8, 4) is 51.0 Å². The highest BCUT2D eigenvalue weighted by atomic mass is 32.1. The predicted octanol–water partition coefficient (Wildman–Crippen LogP) is 12.6. The highest BCUT2D eigenvalue weighted by molar-refractivity contribution is 7.25. The highest BCUT2D eigenvalue weighted by Crippen LogP contribution is 2.40. The van der Waals surface area contributed by atoms with Crippen LogP contribution >= 0.6 is 11.3 Å². The van der Waals surface area contributed by atoms with E-state index in [0.717, 1.165) is 55.3 Å². The largest absolute Gasteiger partial charge is 0.309 e. The first-order chi connectivity index (χ1) is 25.7. The van der Waals surface area contributed by atoms with E-state index in [1.807, 2.05) is 78.9 Å². The Bertz CT molecular complexity index is 2960. The number of hydrogen-bond acceptors (Lipinski definition) is 4. The van der Waals surface area contributed by atoms with E-state index in [0.29, 0.717) is 23.2 Å². The van der Waals surface area contributed by atoms with Crippen molar-refractivity contribution in [2.45, 2.75) is 0 Å². The van der Waals surface area contributed by atoms with Crippen LogP contribution in [0, 0.1) is 6.57 Å². The van der Waals surface area contributed by atoms with Crippen LogP contribution in [-0.4, -0.2) is 19.5 Å². The second kappa shape index (κ2) is 12.1. The second-order valence-corrected chi connectivity index (χ2v) is 13.9. The third kappa shape index (κ3) is 5.03. The summed E-state index contributed by atoms with van der Waals surface area (Å²) in [6, 6.07) is 56.5. The van der Waals surface area contributed by atoms with Crippen LogP contribution in [0.3, 0.4) is 0 Å². The molecule has 0 bridgehead atoms. The molecule has 0 spiro atoms. The molecule has 52 heavy (non-hydrogen) atoms. The van der Waals surface area contributed by atoms with Gasteiger partial charge in [0, 0.05) is 47.9 Å². The maximum atomic E-state index is 7.66. The summed E-state index contributed by atoms with van der Waals surface area (Å²) in [5.41, 5.74) is 9.10. The van der Waals surface area contributed by atoms with E-state index in [2.05, 4.69) is 94.3 Å². The number of thiophene rings is 1. The summed E-state index contributed by atoms with van der Waals surface area (Å²) < 4.78 is 4.69. The molecule has 0 fully saturated rings. The van der Waals surface area contributed by atoms with Gasteiger partial charge in [0.15, 0.2) is 23.2 Å². The molecule has 0 unspecified atom stereocenters. The van der Waals surface area contributed by atoms with E-state index in [9.17, 15) is 0 Å². The average molecular weight is 682 g/mol. The summed E-state index contributed by atoms with van der Waals surface area (Å²) in [5.74, 6) is 1.96. The smallest absolute Gasteiger partial charge is 0.188 e. The van der Waals surface area contributed by atoms with Gasteiger partial charge in [0.2, 0.25) is 0 Å². The Balaban J connectivity index is 1.08. The molecule has 0 atom stereocenters. The van der Waals surface area contributed by atoms with Crippen LogP contribution in [0.5, 0.6) is 0 Å². The van der Waals surface area contributed by atoms with Crippen molar-refractivity contribution in [3.05, 3.63) is 175 Å². The molecular weight excluding hydrogens is 655 g/mol. The molecule has 0 N–H and O–H groups in total. The van der Waals surface area contributed by atoms with Crippen LogP contribution in [0.2, 0.25) is 0 Å². The van der Waals surface area contributed by atoms with Gasteiger partial charge in [0.05, 0.1) is 17.6 Å². The van der Waals surface area contributed by atoms with E-state index in [4.69, 9.17) is 21.5 Å². The quantitative estimate of drug-likeness (QED) is 0.170. The topological polar surface area (TPSA) is 48.0 Å².